The maximum atomic E-state index is 9.51. The molecule has 0 fully saturated rings. The summed E-state index contributed by atoms with van der Waals surface area (Å²) < 4.78 is 0. The Balaban J connectivity index is 2.54. The highest BCUT2D eigenvalue weighted by Crippen LogP contribution is 2.08. The Morgan fingerprint density at radius 3 is 2.91 bits per heavy atom. The van der Waals surface area contributed by atoms with Gasteiger partial charge in [-0.1, -0.05) is 36.4 Å². The van der Waals surface area contributed by atoms with Gasteiger partial charge in [0, 0.05) is 0 Å². The molecule has 1 heterocycles. The molecule has 1 aliphatic heterocycles. The van der Waals surface area contributed by atoms with Gasteiger partial charge in [0.2, 0.25) is 0 Å². The Hall–Kier alpha value is -1.02. The zero-order valence-corrected chi connectivity index (χ0v) is 6.20. The summed E-state index contributed by atoms with van der Waals surface area (Å²) in [6.07, 6.45) is 4.81. The molecule has 2 rings (SSSR count). The van der Waals surface area contributed by atoms with Crippen LogP contribution in [0.3, 0.4) is 0 Å². The van der Waals surface area contributed by atoms with Gasteiger partial charge in [-0.15, -0.1) is 0 Å². The van der Waals surface area contributed by atoms with E-state index in [0.29, 0.717) is 0 Å². The average Bonchev–Trinajstić information content (AvgIpc) is 2.06. The summed E-state index contributed by atoms with van der Waals surface area (Å²) in [7, 11) is 0. The van der Waals surface area contributed by atoms with Crippen LogP contribution in [0, 0.1) is 0 Å². The molecule has 2 heteroatoms. The smallest absolute Gasteiger partial charge is 0.328 e. The SMILES string of the molecule is OB1CC=Cc2ccccc21. The molecule has 0 radical (unpaired) electrons. The highest BCUT2D eigenvalue weighted by Gasteiger charge is 2.17. The van der Waals surface area contributed by atoms with E-state index in [1.54, 1.807) is 0 Å². The number of hydrogen-bond donors (Lipinski definition) is 1. The summed E-state index contributed by atoms with van der Waals surface area (Å²) >= 11 is 0. The van der Waals surface area contributed by atoms with Gasteiger partial charge in [-0.25, -0.2) is 0 Å². The lowest BCUT2D eigenvalue weighted by Crippen LogP contribution is -2.33. The van der Waals surface area contributed by atoms with Gasteiger partial charge in [-0.05, 0) is 17.3 Å². The van der Waals surface area contributed by atoms with Gasteiger partial charge in [0.05, 0.1) is 0 Å². The lowest BCUT2D eigenvalue weighted by atomic mass is 9.55. The van der Waals surface area contributed by atoms with Crippen LogP contribution in [-0.4, -0.2) is 11.9 Å². The Labute approximate surface area is 66.5 Å². The number of allylic oxidation sites excluding steroid dienone is 1. The third-order valence-electron chi connectivity index (χ3n) is 2.01. The summed E-state index contributed by atoms with van der Waals surface area (Å²) in [5, 5.41) is 9.51. The first-order chi connectivity index (χ1) is 5.38. The molecule has 1 N–H and O–H groups in total. The molecule has 1 aromatic carbocycles. The zero-order chi connectivity index (χ0) is 7.68. The van der Waals surface area contributed by atoms with Crippen LogP contribution in [0.2, 0.25) is 6.32 Å². The van der Waals surface area contributed by atoms with Crippen LogP contribution in [0.4, 0.5) is 0 Å². The predicted molar refractivity (Wildman–Crippen MR) is 47.9 cm³/mol. The second-order valence-corrected chi connectivity index (χ2v) is 2.78. The van der Waals surface area contributed by atoms with Gasteiger partial charge < -0.3 is 5.02 Å². The Bertz CT molecular complexity index is 293. The molecule has 0 atom stereocenters. The summed E-state index contributed by atoms with van der Waals surface area (Å²) in [5.41, 5.74) is 2.20. The number of fused-ring (bicyclic) bond motifs is 1. The molecule has 1 aliphatic rings. The van der Waals surface area contributed by atoms with Gasteiger partial charge >= 0.3 is 6.92 Å². The largest absolute Gasteiger partial charge is 0.446 e. The molecule has 0 spiro atoms. The lowest BCUT2D eigenvalue weighted by Gasteiger charge is -2.12. The fourth-order valence-electron chi connectivity index (χ4n) is 1.42. The second kappa shape index (κ2) is 2.55. The van der Waals surface area contributed by atoms with E-state index < -0.39 is 0 Å². The first-order valence-electron chi connectivity index (χ1n) is 3.81. The normalized spacial score (nSPS) is 14.8. The molecule has 0 aromatic heterocycles. The van der Waals surface area contributed by atoms with Crippen molar-refractivity contribution in [2.24, 2.45) is 0 Å². The summed E-state index contributed by atoms with van der Waals surface area (Å²) in [6.45, 7) is -0.295. The van der Waals surface area contributed by atoms with Crippen molar-refractivity contribution in [3.05, 3.63) is 35.9 Å². The molecule has 0 saturated carbocycles. The van der Waals surface area contributed by atoms with Crippen LogP contribution in [0.5, 0.6) is 0 Å². The van der Waals surface area contributed by atoms with Crippen molar-refractivity contribution in [2.45, 2.75) is 6.32 Å². The van der Waals surface area contributed by atoms with Crippen molar-refractivity contribution >= 4 is 18.5 Å². The first kappa shape index (κ1) is 6.68. The van der Waals surface area contributed by atoms with Crippen LogP contribution in [0.1, 0.15) is 5.56 Å². The summed E-state index contributed by atoms with van der Waals surface area (Å²) in [5.74, 6) is 0. The van der Waals surface area contributed by atoms with Crippen molar-refractivity contribution in [3.63, 3.8) is 0 Å². The maximum absolute atomic E-state index is 9.51. The highest BCUT2D eigenvalue weighted by atomic mass is 16.2. The molecule has 0 bridgehead atoms. The van der Waals surface area contributed by atoms with Crippen molar-refractivity contribution in [1.29, 1.82) is 0 Å². The molecule has 0 saturated heterocycles. The van der Waals surface area contributed by atoms with Crippen LogP contribution in [-0.2, 0) is 0 Å². The predicted octanol–water partition coefficient (Wildman–Crippen LogP) is 0.904. The van der Waals surface area contributed by atoms with Crippen LogP contribution < -0.4 is 5.46 Å². The van der Waals surface area contributed by atoms with E-state index in [0.717, 1.165) is 17.3 Å². The quantitative estimate of drug-likeness (QED) is 0.536. The van der Waals surface area contributed by atoms with E-state index in [1.165, 1.54) is 0 Å². The van der Waals surface area contributed by atoms with Gasteiger partial charge in [-0.2, -0.15) is 0 Å². The van der Waals surface area contributed by atoms with Crippen LogP contribution >= 0.6 is 0 Å². The van der Waals surface area contributed by atoms with E-state index in [4.69, 9.17) is 0 Å². The van der Waals surface area contributed by atoms with Crippen molar-refractivity contribution in [3.8, 4) is 0 Å². The van der Waals surface area contributed by atoms with Crippen molar-refractivity contribution < 1.29 is 5.02 Å². The van der Waals surface area contributed by atoms with Gasteiger partial charge in [0.25, 0.3) is 0 Å². The molecular weight excluding hydrogens is 135 g/mol. The highest BCUT2D eigenvalue weighted by molar-refractivity contribution is 6.68. The Morgan fingerprint density at radius 1 is 1.27 bits per heavy atom. The van der Waals surface area contributed by atoms with Gasteiger partial charge in [-0.3, -0.25) is 0 Å². The molecule has 1 aromatic rings. The number of benzene rings is 1. The lowest BCUT2D eigenvalue weighted by molar-refractivity contribution is 0.588. The third-order valence-corrected chi connectivity index (χ3v) is 2.01. The summed E-state index contributed by atoms with van der Waals surface area (Å²) in [4.78, 5) is 0. The van der Waals surface area contributed by atoms with E-state index in [2.05, 4.69) is 6.08 Å². The number of rotatable bonds is 0. The van der Waals surface area contributed by atoms with Gasteiger partial charge in [0.15, 0.2) is 0 Å². The Morgan fingerprint density at radius 2 is 2.09 bits per heavy atom. The fourth-order valence-corrected chi connectivity index (χ4v) is 1.42. The molecule has 0 aliphatic carbocycles. The Kier molecular flexibility index (Phi) is 1.55. The topological polar surface area (TPSA) is 20.2 Å². The van der Waals surface area contributed by atoms with Crippen molar-refractivity contribution in [2.75, 3.05) is 0 Å². The molecule has 54 valence electrons. The fraction of sp³-hybridized carbons (Fsp3) is 0.111. The molecular formula is C9H9BO. The average molecular weight is 144 g/mol. The second-order valence-electron chi connectivity index (χ2n) is 2.78. The zero-order valence-electron chi connectivity index (χ0n) is 6.20. The minimum Gasteiger partial charge on any atom is -0.446 e. The molecule has 0 unspecified atom stereocenters. The van der Waals surface area contributed by atoms with E-state index in [9.17, 15) is 5.02 Å². The van der Waals surface area contributed by atoms with E-state index in [-0.39, 0.29) is 6.92 Å². The minimum atomic E-state index is -0.295. The molecule has 1 nitrogen and oxygen atoms in total. The third kappa shape index (κ3) is 1.10. The maximum Gasteiger partial charge on any atom is 0.328 e. The van der Waals surface area contributed by atoms with Crippen LogP contribution in [0.25, 0.3) is 6.08 Å². The molecule has 11 heavy (non-hydrogen) atoms. The van der Waals surface area contributed by atoms with Gasteiger partial charge in [0.1, 0.15) is 0 Å². The summed E-state index contributed by atoms with van der Waals surface area (Å²) in [6, 6.07) is 7.94. The van der Waals surface area contributed by atoms with E-state index >= 15 is 0 Å². The monoisotopic (exact) mass is 144 g/mol. The number of hydrogen-bond acceptors (Lipinski definition) is 1. The first-order valence-corrected chi connectivity index (χ1v) is 3.81. The van der Waals surface area contributed by atoms with Crippen molar-refractivity contribution in [1.82, 2.24) is 0 Å². The van der Waals surface area contributed by atoms with E-state index in [1.807, 2.05) is 30.3 Å². The van der Waals surface area contributed by atoms with Crippen LogP contribution in [0.15, 0.2) is 30.3 Å². The minimum absolute atomic E-state index is 0.295. The molecule has 0 amide bonds. The standard InChI is InChI=1S/C9H9BO/c11-10-7-3-5-8-4-1-2-6-9(8)10/h1-6,11H,7H2.